The lowest BCUT2D eigenvalue weighted by Crippen LogP contribution is -2.04. The molecule has 0 aliphatic heterocycles. The summed E-state index contributed by atoms with van der Waals surface area (Å²) in [6.07, 6.45) is 0. The van der Waals surface area contributed by atoms with Crippen molar-refractivity contribution in [2.75, 3.05) is 7.11 Å². The number of hydrogen-bond acceptors (Lipinski definition) is 5. The summed E-state index contributed by atoms with van der Waals surface area (Å²) in [5.41, 5.74) is 0.172. The Hall–Kier alpha value is -1.45. The fraction of sp³-hybridized carbons (Fsp3) is 0.222. The van der Waals surface area contributed by atoms with Crippen LogP contribution in [0.5, 0.6) is 5.75 Å². The number of carbonyl (C=O) groups is 1. The molecule has 0 unspecified atom stereocenters. The molecule has 0 aliphatic rings. The van der Waals surface area contributed by atoms with Crippen LogP contribution in [0.2, 0.25) is 0 Å². The predicted octanol–water partition coefficient (Wildman–Crippen LogP) is 2.10. The zero-order valence-electron chi connectivity index (χ0n) is 9.42. The van der Waals surface area contributed by atoms with Gasteiger partial charge in [0.15, 0.2) is 0 Å². The molecular weight excluding hydrogens is 310 g/mol. The van der Waals surface area contributed by atoms with Crippen LogP contribution in [0.4, 0.5) is 8.78 Å². The Morgan fingerprint density at radius 3 is 2.37 bits per heavy atom. The summed E-state index contributed by atoms with van der Waals surface area (Å²) in [5.74, 6) is -0.660. The second-order valence-electron chi connectivity index (χ2n) is 2.81. The Morgan fingerprint density at radius 1 is 1.42 bits per heavy atom. The van der Waals surface area contributed by atoms with Crippen LogP contribution in [0.25, 0.3) is 0 Å². The summed E-state index contributed by atoms with van der Waals surface area (Å²) in [5, 5.41) is 0. The molecule has 1 aromatic rings. The van der Waals surface area contributed by atoms with Crippen molar-refractivity contribution in [3.8, 4) is 5.75 Å². The lowest BCUT2D eigenvalue weighted by molar-refractivity contribution is -0.0499. The third-order valence-electron chi connectivity index (χ3n) is 1.48. The molecule has 0 atom stereocenters. The van der Waals surface area contributed by atoms with Crippen molar-refractivity contribution < 1.29 is 36.0 Å². The molecule has 19 heavy (non-hydrogen) atoms. The number of halogens is 3. The van der Waals surface area contributed by atoms with Gasteiger partial charge in [0, 0.05) is 10.7 Å². The first-order valence-corrected chi connectivity index (χ1v) is 6.70. The second kappa shape index (κ2) is 7.87. The largest absolute Gasteiger partial charge is 0.465 e. The van der Waals surface area contributed by atoms with Gasteiger partial charge in [-0.05, 0) is 18.2 Å². The van der Waals surface area contributed by atoms with E-state index in [9.17, 15) is 13.6 Å². The van der Waals surface area contributed by atoms with Crippen LogP contribution in [0.3, 0.4) is 0 Å². The molecule has 0 amide bonds. The van der Waals surface area contributed by atoms with E-state index in [1.165, 1.54) is 31.4 Å². The van der Waals surface area contributed by atoms with Crippen LogP contribution >= 0.6 is 10.7 Å². The van der Waals surface area contributed by atoms with Crippen LogP contribution < -0.4 is 4.74 Å². The van der Waals surface area contributed by atoms with Crippen LogP contribution in [-0.4, -0.2) is 32.7 Å². The van der Waals surface area contributed by atoms with Crippen molar-refractivity contribution in [1.82, 2.24) is 0 Å². The molecular formula is C9H9ClF2O6S. The Bertz CT molecular complexity index is 511. The Labute approximate surface area is 112 Å². The van der Waals surface area contributed by atoms with Crippen molar-refractivity contribution >= 4 is 26.0 Å². The molecule has 0 fully saturated rings. The number of carbonyl (C=O) groups excluding carboxylic acids is 1. The molecule has 1 rings (SSSR count). The van der Waals surface area contributed by atoms with Crippen molar-refractivity contribution in [1.29, 1.82) is 0 Å². The molecule has 10 heteroatoms. The minimum Gasteiger partial charge on any atom is -0.465 e. The zero-order chi connectivity index (χ0) is 15.1. The van der Waals surface area contributed by atoms with Gasteiger partial charge >= 0.3 is 21.9 Å². The minimum absolute atomic E-state index is 0.0668. The van der Waals surface area contributed by atoms with E-state index in [1.807, 2.05) is 0 Å². The molecule has 0 saturated carbocycles. The normalized spacial score (nSPS) is 10.4. The highest BCUT2D eigenvalue weighted by atomic mass is 35.7. The van der Waals surface area contributed by atoms with Gasteiger partial charge in [-0.15, -0.1) is 0 Å². The average molecular weight is 319 g/mol. The summed E-state index contributed by atoms with van der Waals surface area (Å²) < 4.78 is 57.3. The van der Waals surface area contributed by atoms with Gasteiger partial charge in [-0.25, -0.2) is 4.79 Å². The number of rotatable bonds is 3. The number of ether oxygens (including phenoxy) is 2. The Kier molecular flexibility index (Phi) is 7.27. The summed E-state index contributed by atoms with van der Waals surface area (Å²) in [4.78, 5) is 11.0. The molecule has 1 aromatic carbocycles. The smallest absolute Gasteiger partial charge is 0.387 e. The van der Waals surface area contributed by atoms with Crippen LogP contribution in [0.1, 0.15) is 10.4 Å². The third-order valence-corrected chi connectivity index (χ3v) is 1.48. The van der Waals surface area contributed by atoms with Crippen molar-refractivity contribution in [3.05, 3.63) is 29.8 Å². The van der Waals surface area contributed by atoms with Gasteiger partial charge < -0.3 is 9.47 Å². The maximum absolute atomic E-state index is 11.8. The summed E-state index contributed by atoms with van der Waals surface area (Å²) in [6.45, 7) is -2.90. The Balaban J connectivity index is 0.000000555. The fourth-order valence-corrected chi connectivity index (χ4v) is 0.917. The van der Waals surface area contributed by atoms with E-state index in [0.29, 0.717) is 0 Å². The van der Waals surface area contributed by atoms with E-state index >= 15 is 0 Å². The predicted molar refractivity (Wildman–Crippen MR) is 61.8 cm³/mol. The quantitative estimate of drug-likeness (QED) is 0.521. The number of esters is 1. The van der Waals surface area contributed by atoms with E-state index in [2.05, 4.69) is 20.2 Å². The van der Waals surface area contributed by atoms with Gasteiger partial charge in [-0.3, -0.25) is 4.55 Å². The van der Waals surface area contributed by atoms with Gasteiger partial charge in [-0.1, -0.05) is 6.07 Å². The minimum atomic E-state index is -4.19. The zero-order valence-corrected chi connectivity index (χ0v) is 11.0. The van der Waals surface area contributed by atoms with E-state index in [0.717, 1.165) is 0 Å². The van der Waals surface area contributed by atoms with Gasteiger partial charge in [0.05, 0.1) is 12.7 Å². The number of hydrogen-bond donors (Lipinski definition) is 1. The molecule has 0 saturated heterocycles. The van der Waals surface area contributed by atoms with E-state index in [-0.39, 0.29) is 11.3 Å². The highest BCUT2D eigenvalue weighted by Crippen LogP contribution is 2.16. The maximum Gasteiger partial charge on any atom is 0.387 e. The first kappa shape index (κ1) is 17.6. The summed E-state index contributed by atoms with van der Waals surface area (Å²) >= 11 is 0. The first-order valence-electron chi connectivity index (χ1n) is 4.43. The fourth-order valence-electron chi connectivity index (χ4n) is 0.917. The highest BCUT2D eigenvalue weighted by molar-refractivity contribution is 8.09. The van der Waals surface area contributed by atoms with Crippen LogP contribution in [-0.2, 0) is 14.1 Å². The molecule has 0 spiro atoms. The maximum atomic E-state index is 11.8. The molecule has 0 radical (unpaired) electrons. The van der Waals surface area contributed by atoms with Crippen molar-refractivity contribution in [3.63, 3.8) is 0 Å². The van der Waals surface area contributed by atoms with E-state index in [4.69, 9.17) is 13.0 Å². The topological polar surface area (TPSA) is 89.9 Å². The molecule has 1 N–H and O–H groups in total. The van der Waals surface area contributed by atoms with Crippen LogP contribution in [0.15, 0.2) is 24.3 Å². The molecule has 0 aliphatic carbocycles. The lowest BCUT2D eigenvalue weighted by atomic mass is 10.2. The van der Waals surface area contributed by atoms with Gasteiger partial charge in [-0.2, -0.15) is 17.2 Å². The number of benzene rings is 1. The molecule has 6 nitrogen and oxygen atoms in total. The van der Waals surface area contributed by atoms with Crippen LogP contribution in [0, 0.1) is 0 Å². The summed E-state index contributed by atoms with van der Waals surface area (Å²) in [6, 6.07) is 5.41. The molecule has 0 aromatic heterocycles. The molecule has 108 valence electrons. The van der Waals surface area contributed by atoms with E-state index in [1.54, 1.807) is 0 Å². The summed E-state index contributed by atoms with van der Waals surface area (Å²) in [7, 11) is 1.07. The Morgan fingerprint density at radius 2 is 1.95 bits per heavy atom. The molecule has 0 heterocycles. The van der Waals surface area contributed by atoms with E-state index < -0.39 is 21.9 Å². The first-order chi connectivity index (χ1) is 8.63. The third kappa shape index (κ3) is 10.2. The highest BCUT2D eigenvalue weighted by Gasteiger charge is 2.08. The lowest BCUT2D eigenvalue weighted by Gasteiger charge is -2.05. The average Bonchev–Trinajstić information content (AvgIpc) is 2.25. The number of alkyl halides is 2. The van der Waals surface area contributed by atoms with Crippen molar-refractivity contribution in [2.45, 2.75) is 6.61 Å². The molecule has 0 bridgehead atoms. The second-order valence-corrected chi connectivity index (χ2v) is 4.80. The van der Waals surface area contributed by atoms with Gasteiger partial charge in [0.2, 0.25) is 0 Å². The van der Waals surface area contributed by atoms with Gasteiger partial charge in [0.25, 0.3) is 0 Å². The number of methoxy groups -OCH3 is 1. The standard InChI is InChI=1S/C9H8F2O3.ClHO3S/c1-13-8(12)6-3-2-4-7(5-6)14-9(10)11;1-5(2,3)4/h2-5,9H,1H3;(H,2,3,4). The monoisotopic (exact) mass is 318 g/mol. The SMILES string of the molecule is COC(=O)c1cccc(OC(F)F)c1.O=S(=O)(O)Cl. The van der Waals surface area contributed by atoms with Crippen molar-refractivity contribution in [2.24, 2.45) is 0 Å². The van der Waals surface area contributed by atoms with Gasteiger partial charge in [0.1, 0.15) is 5.75 Å².